The van der Waals surface area contributed by atoms with Gasteiger partial charge in [0.25, 0.3) is 0 Å². The molecule has 0 radical (unpaired) electrons. The topological polar surface area (TPSA) is 49.8 Å². The second kappa shape index (κ2) is 6.21. The third-order valence-electron chi connectivity index (χ3n) is 3.19. The molecule has 0 aliphatic carbocycles. The van der Waals surface area contributed by atoms with E-state index >= 15 is 0 Å². The summed E-state index contributed by atoms with van der Waals surface area (Å²) in [5.41, 5.74) is 0. The van der Waals surface area contributed by atoms with Crippen molar-refractivity contribution in [2.75, 3.05) is 26.7 Å². The highest BCUT2D eigenvalue weighted by Gasteiger charge is 2.33. The molecule has 16 heavy (non-hydrogen) atoms. The van der Waals surface area contributed by atoms with Gasteiger partial charge >= 0.3 is 5.97 Å². The summed E-state index contributed by atoms with van der Waals surface area (Å²) < 4.78 is 4.71. The molecular formula is C12H23NO3. The lowest BCUT2D eigenvalue weighted by Gasteiger charge is -2.34. The van der Waals surface area contributed by atoms with Crippen LogP contribution < -0.4 is 0 Å². The molecule has 0 bridgehead atoms. The van der Waals surface area contributed by atoms with Gasteiger partial charge in [-0.15, -0.1) is 0 Å². The summed E-state index contributed by atoms with van der Waals surface area (Å²) in [6.45, 7) is 6.88. The number of aliphatic hydroxyl groups excluding tert-OH is 1. The van der Waals surface area contributed by atoms with Crippen LogP contribution in [0.5, 0.6) is 0 Å². The molecule has 0 amide bonds. The maximum Gasteiger partial charge on any atom is 0.312 e. The number of carbonyl (C=O) groups is 1. The first-order valence-corrected chi connectivity index (χ1v) is 6.02. The monoisotopic (exact) mass is 229 g/mol. The van der Waals surface area contributed by atoms with Crippen LogP contribution in [0.4, 0.5) is 0 Å². The van der Waals surface area contributed by atoms with E-state index in [0.717, 1.165) is 19.5 Å². The van der Waals surface area contributed by atoms with E-state index in [1.165, 1.54) is 7.11 Å². The lowest BCUT2D eigenvalue weighted by molar-refractivity contribution is -0.152. The van der Waals surface area contributed by atoms with Gasteiger partial charge in [0.1, 0.15) is 0 Å². The summed E-state index contributed by atoms with van der Waals surface area (Å²) in [6.07, 6.45) is 1.25. The summed E-state index contributed by atoms with van der Waals surface area (Å²) in [7, 11) is 1.38. The normalized spacial score (nSPS) is 27.1. The SMILES string of the molecule is COC(=O)[C@H]1CN(CCC(C)C)CC[C@@H]1O. The average Bonchev–Trinajstić information content (AvgIpc) is 2.27. The van der Waals surface area contributed by atoms with Crippen LogP contribution in [0, 0.1) is 11.8 Å². The van der Waals surface area contributed by atoms with E-state index in [1.807, 2.05) is 0 Å². The Morgan fingerprint density at radius 3 is 2.81 bits per heavy atom. The van der Waals surface area contributed by atoms with Crippen molar-refractivity contribution in [1.29, 1.82) is 0 Å². The Morgan fingerprint density at radius 1 is 1.56 bits per heavy atom. The third kappa shape index (κ3) is 3.76. The van der Waals surface area contributed by atoms with Gasteiger partial charge < -0.3 is 14.7 Å². The van der Waals surface area contributed by atoms with Crippen molar-refractivity contribution in [2.24, 2.45) is 11.8 Å². The van der Waals surface area contributed by atoms with Crippen molar-refractivity contribution >= 4 is 5.97 Å². The number of aliphatic hydroxyl groups is 1. The summed E-state index contributed by atoms with van der Waals surface area (Å²) >= 11 is 0. The zero-order chi connectivity index (χ0) is 12.1. The Morgan fingerprint density at radius 2 is 2.25 bits per heavy atom. The molecule has 1 saturated heterocycles. The van der Waals surface area contributed by atoms with E-state index in [-0.39, 0.29) is 11.9 Å². The van der Waals surface area contributed by atoms with Crippen LogP contribution in [-0.4, -0.2) is 48.8 Å². The Labute approximate surface area is 97.6 Å². The fourth-order valence-electron chi connectivity index (χ4n) is 2.03. The number of methoxy groups -OCH3 is 1. The molecule has 4 nitrogen and oxygen atoms in total. The zero-order valence-corrected chi connectivity index (χ0v) is 10.5. The van der Waals surface area contributed by atoms with Gasteiger partial charge in [-0.25, -0.2) is 0 Å². The molecule has 0 spiro atoms. The summed E-state index contributed by atoms with van der Waals surface area (Å²) in [4.78, 5) is 13.7. The maximum atomic E-state index is 11.5. The first kappa shape index (κ1) is 13.5. The van der Waals surface area contributed by atoms with Crippen LogP contribution >= 0.6 is 0 Å². The number of rotatable bonds is 4. The molecule has 2 atom stereocenters. The number of ether oxygens (including phenoxy) is 1. The van der Waals surface area contributed by atoms with Crippen molar-refractivity contribution < 1.29 is 14.6 Å². The molecule has 1 N–H and O–H groups in total. The average molecular weight is 229 g/mol. The van der Waals surface area contributed by atoms with Gasteiger partial charge in [-0.05, 0) is 25.3 Å². The molecule has 0 saturated carbocycles. The van der Waals surface area contributed by atoms with Crippen molar-refractivity contribution in [3.63, 3.8) is 0 Å². The molecule has 1 aliphatic rings. The highest BCUT2D eigenvalue weighted by molar-refractivity contribution is 5.73. The van der Waals surface area contributed by atoms with E-state index in [2.05, 4.69) is 18.7 Å². The molecule has 0 aromatic rings. The summed E-state index contributed by atoms with van der Waals surface area (Å²) in [6, 6.07) is 0. The molecule has 1 aliphatic heterocycles. The molecule has 1 fully saturated rings. The minimum Gasteiger partial charge on any atom is -0.469 e. The quantitative estimate of drug-likeness (QED) is 0.727. The maximum absolute atomic E-state index is 11.5. The number of carbonyl (C=O) groups excluding carboxylic acids is 1. The first-order valence-electron chi connectivity index (χ1n) is 6.02. The zero-order valence-electron chi connectivity index (χ0n) is 10.5. The van der Waals surface area contributed by atoms with Crippen LogP contribution in [0.2, 0.25) is 0 Å². The largest absolute Gasteiger partial charge is 0.469 e. The van der Waals surface area contributed by atoms with Gasteiger partial charge in [0.05, 0.1) is 19.1 Å². The van der Waals surface area contributed by atoms with Gasteiger partial charge in [0, 0.05) is 13.1 Å². The Hall–Kier alpha value is -0.610. The molecule has 1 heterocycles. The Balaban J connectivity index is 2.44. The number of likely N-dealkylation sites (tertiary alicyclic amines) is 1. The van der Waals surface area contributed by atoms with Crippen LogP contribution in [0.25, 0.3) is 0 Å². The van der Waals surface area contributed by atoms with E-state index in [4.69, 9.17) is 4.74 Å². The molecule has 0 aromatic heterocycles. The molecular weight excluding hydrogens is 206 g/mol. The summed E-state index contributed by atoms with van der Waals surface area (Å²) in [5, 5.41) is 9.74. The Bertz CT molecular complexity index is 230. The molecule has 1 rings (SSSR count). The smallest absolute Gasteiger partial charge is 0.312 e. The highest BCUT2D eigenvalue weighted by atomic mass is 16.5. The number of hydrogen-bond donors (Lipinski definition) is 1. The van der Waals surface area contributed by atoms with Crippen molar-refractivity contribution in [3.05, 3.63) is 0 Å². The van der Waals surface area contributed by atoms with Gasteiger partial charge in [-0.1, -0.05) is 13.8 Å². The van der Waals surface area contributed by atoms with Crippen LogP contribution in [0.3, 0.4) is 0 Å². The molecule has 94 valence electrons. The number of hydrogen-bond acceptors (Lipinski definition) is 4. The van der Waals surface area contributed by atoms with Crippen LogP contribution in [-0.2, 0) is 9.53 Å². The molecule has 0 unspecified atom stereocenters. The predicted molar refractivity (Wildman–Crippen MR) is 62.0 cm³/mol. The van der Waals surface area contributed by atoms with E-state index in [0.29, 0.717) is 18.9 Å². The van der Waals surface area contributed by atoms with Crippen molar-refractivity contribution in [1.82, 2.24) is 4.90 Å². The highest BCUT2D eigenvalue weighted by Crippen LogP contribution is 2.19. The number of esters is 1. The van der Waals surface area contributed by atoms with Gasteiger partial charge in [-0.2, -0.15) is 0 Å². The molecule has 0 aromatic carbocycles. The van der Waals surface area contributed by atoms with E-state index < -0.39 is 6.10 Å². The Kier molecular flexibility index (Phi) is 5.22. The lowest BCUT2D eigenvalue weighted by atomic mass is 9.94. The number of piperidine rings is 1. The van der Waals surface area contributed by atoms with Gasteiger partial charge in [-0.3, -0.25) is 4.79 Å². The van der Waals surface area contributed by atoms with Gasteiger partial charge in [0.15, 0.2) is 0 Å². The van der Waals surface area contributed by atoms with E-state index in [9.17, 15) is 9.90 Å². The fraction of sp³-hybridized carbons (Fsp3) is 0.917. The van der Waals surface area contributed by atoms with Crippen LogP contribution in [0.1, 0.15) is 26.7 Å². The fourth-order valence-corrected chi connectivity index (χ4v) is 2.03. The molecule has 4 heteroatoms. The lowest BCUT2D eigenvalue weighted by Crippen LogP contribution is -2.47. The first-order chi connectivity index (χ1) is 7.54. The van der Waals surface area contributed by atoms with Crippen LogP contribution in [0.15, 0.2) is 0 Å². The third-order valence-corrected chi connectivity index (χ3v) is 3.19. The van der Waals surface area contributed by atoms with Crippen molar-refractivity contribution in [3.8, 4) is 0 Å². The second-order valence-corrected chi connectivity index (χ2v) is 4.97. The second-order valence-electron chi connectivity index (χ2n) is 4.97. The van der Waals surface area contributed by atoms with Gasteiger partial charge in [0.2, 0.25) is 0 Å². The minimum absolute atomic E-state index is 0.290. The standard InChI is InChI=1S/C12H23NO3/c1-9(2)4-6-13-7-5-11(14)10(8-13)12(15)16-3/h9-11,14H,4-8H2,1-3H3/t10-,11-/m0/s1. The minimum atomic E-state index is -0.539. The van der Waals surface area contributed by atoms with Crippen molar-refractivity contribution in [2.45, 2.75) is 32.8 Å². The summed E-state index contributed by atoms with van der Waals surface area (Å²) in [5.74, 6) is 0.0103. The predicted octanol–water partition coefficient (Wildman–Crippen LogP) is 0.888. The van der Waals surface area contributed by atoms with E-state index in [1.54, 1.807) is 0 Å². The number of nitrogens with zero attached hydrogens (tertiary/aromatic N) is 1.